The first-order valence-electron chi connectivity index (χ1n) is 12.2. The van der Waals surface area contributed by atoms with Crippen molar-refractivity contribution in [3.05, 3.63) is 71.3 Å². The normalized spacial score (nSPS) is 28.4. The smallest absolute Gasteiger partial charge is 0.0858 e. The molecule has 30 heavy (non-hydrogen) atoms. The molecule has 0 radical (unpaired) electrons. The Labute approximate surface area is 184 Å². The summed E-state index contributed by atoms with van der Waals surface area (Å²) in [5.74, 6) is 1.26. The predicted octanol–water partition coefficient (Wildman–Crippen LogP) is 7.89. The minimum absolute atomic E-state index is 0.208. The lowest BCUT2D eigenvalue weighted by Gasteiger charge is -2.59. The van der Waals surface area contributed by atoms with Gasteiger partial charge in [0.05, 0.1) is 6.10 Å². The Bertz CT molecular complexity index is 823. The van der Waals surface area contributed by atoms with Crippen LogP contribution in [0, 0.1) is 17.3 Å². The molecular weight excluding hydrogens is 364 g/mol. The van der Waals surface area contributed by atoms with Gasteiger partial charge in [-0.2, -0.15) is 0 Å². The number of hydrogen-bond donors (Lipinski definition) is 0. The van der Waals surface area contributed by atoms with Crippen molar-refractivity contribution in [3.63, 3.8) is 0 Å². The maximum Gasteiger partial charge on any atom is 0.0858 e. The van der Waals surface area contributed by atoms with Crippen molar-refractivity contribution in [1.82, 2.24) is 0 Å². The fraction of sp³-hybridized carbons (Fsp3) is 0.586. The molecule has 1 saturated carbocycles. The third kappa shape index (κ3) is 3.86. The molecule has 1 nitrogen and oxygen atoms in total. The van der Waals surface area contributed by atoms with Gasteiger partial charge in [0.25, 0.3) is 0 Å². The van der Waals surface area contributed by atoms with E-state index in [1.807, 2.05) is 0 Å². The summed E-state index contributed by atoms with van der Waals surface area (Å²) in [4.78, 5) is 0. The van der Waals surface area contributed by atoms with Gasteiger partial charge >= 0.3 is 0 Å². The van der Waals surface area contributed by atoms with Crippen LogP contribution in [0.3, 0.4) is 0 Å². The van der Waals surface area contributed by atoms with Crippen LogP contribution in [0.5, 0.6) is 0 Å². The average molecular weight is 405 g/mol. The second kappa shape index (κ2) is 8.87. The standard InChI is InChI=1S/C29H40O/c1-5-6-12-21-30-27(23-14-8-7-9-15-23)25-19-20-29(4)24-16-11-10-13-22(24)17-18-26(29)28(25,2)3/h7-11,13-16,25-27H,5-6,12,17-21H2,1-4H3. The molecule has 0 N–H and O–H groups in total. The van der Waals surface area contributed by atoms with E-state index in [0.717, 1.165) is 6.61 Å². The minimum atomic E-state index is 0.208. The molecular formula is C29H40O. The van der Waals surface area contributed by atoms with Crippen molar-refractivity contribution >= 4 is 0 Å². The number of benzene rings is 2. The molecule has 1 fully saturated rings. The van der Waals surface area contributed by atoms with E-state index in [2.05, 4.69) is 82.3 Å². The fourth-order valence-corrected chi connectivity index (χ4v) is 6.88. The fourth-order valence-electron chi connectivity index (χ4n) is 6.88. The van der Waals surface area contributed by atoms with Crippen LogP contribution in [0.1, 0.15) is 89.0 Å². The van der Waals surface area contributed by atoms with Gasteiger partial charge in [-0.25, -0.2) is 0 Å². The summed E-state index contributed by atoms with van der Waals surface area (Å²) in [5.41, 5.74) is 5.10. The first kappa shape index (κ1) is 21.6. The largest absolute Gasteiger partial charge is 0.373 e. The van der Waals surface area contributed by atoms with E-state index in [1.165, 1.54) is 50.5 Å². The number of aryl methyl sites for hydroxylation is 1. The second-order valence-corrected chi connectivity index (χ2v) is 10.5. The van der Waals surface area contributed by atoms with Gasteiger partial charge < -0.3 is 4.74 Å². The zero-order valence-corrected chi connectivity index (χ0v) is 19.5. The van der Waals surface area contributed by atoms with Crippen molar-refractivity contribution in [2.75, 3.05) is 6.61 Å². The maximum atomic E-state index is 6.69. The quantitative estimate of drug-likeness (QED) is 0.426. The molecule has 2 aliphatic rings. The van der Waals surface area contributed by atoms with E-state index in [4.69, 9.17) is 4.74 Å². The van der Waals surface area contributed by atoms with Gasteiger partial charge in [0.2, 0.25) is 0 Å². The molecule has 4 unspecified atom stereocenters. The second-order valence-electron chi connectivity index (χ2n) is 10.5. The summed E-state index contributed by atoms with van der Waals surface area (Å²) in [6, 6.07) is 20.3. The Kier molecular flexibility index (Phi) is 6.39. The van der Waals surface area contributed by atoms with Crippen molar-refractivity contribution in [3.8, 4) is 0 Å². The third-order valence-electron chi connectivity index (χ3n) is 8.47. The first-order valence-corrected chi connectivity index (χ1v) is 12.2. The summed E-state index contributed by atoms with van der Waals surface area (Å²) in [6.45, 7) is 10.8. The van der Waals surface area contributed by atoms with Crippen LogP contribution in [-0.4, -0.2) is 6.61 Å². The summed E-state index contributed by atoms with van der Waals surface area (Å²) in [6.07, 6.45) is 8.91. The molecule has 2 aromatic rings. The number of hydrogen-bond acceptors (Lipinski definition) is 1. The molecule has 2 aliphatic carbocycles. The molecule has 4 atom stereocenters. The Morgan fingerprint density at radius 3 is 2.43 bits per heavy atom. The summed E-state index contributed by atoms with van der Waals surface area (Å²) < 4.78 is 6.69. The van der Waals surface area contributed by atoms with Crippen molar-refractivity contribution in [2.24, 2.45) is 17.3 Å². The van der Waals surface area contributed by atoms with Crippen LogP contribution in [0.15, 0.2) is 54.6 Å². The lowest BCUT2D eigenvalue weighted by molar-refractivity contribution is -0.0993. The number of fused-ring (bicyclic) bond motifs is 3. The van der Waals surface area contributed by atoms with Crippen molar-refractivity contribution in [2.45, 2.75) is 84.2 Å². The van der Waals surface area contributed by atoms with Gasteiger partial charge in [-0.15, -0.1) is 0 Å². The molecule has 162 valence electrons. The van der Waals surface area contributed by atoms with Gasteiger partial charge in [0.1, 0.15) is 0 Å². The van der Waals surface area contributed by atoms with E-state index in [1.54, 1.807) is 11.1 Å². The molecule has 1 heteroatoms. The van der Waals surface area contributed by atoms with Crippen LogP contribution in [0.25, 0.3) is 0 Å². The first-order chi connectivity index (χ1) is 14.5. The van der Waals surface area contributed by atoms with Gasteiger partial charge in [-0.1, -0.05) is 95.1 Å². The van der Waals surface area contributed by atoms with Crippen molar-refractivity contribution < 1.29 is 4.74 Å². The molecule has 0 saturated heterocycles. The topological polar surface area (TPSA) is 9.23 Å². The Hall–Kier alpha value is -1.60. The van der Waals surface area contributed by atoms with E-state index < -0.39 is 0 Å². The number of unbranched alkanes of at least 4 members (excludes halogenated alkanes) is 2. The zero-order chi connectivity index (χ0) is 21.2. The summed E-state index contributed by atoms with van der Waals surface area (Å²) in [5, 5.41) is 0. The van der Waals surface area contributed by atoms with E-state index in [0.29, 0.717) is 11.8 Å². The third-order valence-corrected chi connectivity index (χ3v) is 8.47. The highest BCUT2D eigenvalue weighted by Gasteiger charge is 2.55. The maximum absolute atomic E-state index is 6.69. The highest BCUT2D eigenvalue weighted by molar-refractivity contribution is 5.39. The highest BCUT2D eigenvalue weighted by Crippen LogP contribution is 2.61. The number of rotatable bonds is 7. The van der Waals surface area contributed by atoms with Gasteiger partial charge in [-0.05, 0) is 71.5 Å². The van der Waals surface area contributed by atoms with E-state index in [-0.39, 0.29) is 16.9 Å². The molecule has 0 amide bonds. The molecule has 0 spiro atoms. The minimum Gasteiger partial charge on any atom is -0.373 e. The molecule has 0 aromatic heterocycles. The average Bonchev–Trinajstić information content (AvgIpc) is 2.75. The van der Waals surface area contributed by atoms with Crippen LogP contribution in [-0.2, 0) is 16.6 Å². The molecule has 4 rings (SSSR count). The highest BCUT2D eigenvalue weighted by atomic mass is 16.5. The van der Waals surface area contributed by atoms with Crippen LogP contribution in [0.4, 0.5) is 0 Å². The van der Waals surface area contributed by atoms with Crippen LogP contribution in [0.2, 0.25) is 0 Å². The monoisotopic (exact) mass is 404 g/mol. The Morgan fingerprint density at radius 2 is 1.67 bits per heavy atom. The van der Waals surface area contributed by atoms with Gasteiger partial charge in [0.15, 0.2) is 0 Å². The number of ether oxygens (including phenoxy) is 1. The Morgan fingerprint density at radius 1 is 0.933 bits per heavy atom. The Balaban J connectivity index is 1.64. The lowest BCUT2D eigenvalue weighted by atomic mass is 9.46. The molecule has 0 aliphatic heterocycles. The van der Waals surface area contributed by atoms with Crippen LogP contribution >= 0.6 is 0 Å². The van der Waals surface area contributed by atoms with E-state index in [9.17, 15) is 0 Å². The SMILES string of the molecule is CCCCCOC(c1ccccc1)C1CCC2(C)c3ccccc3CCC2C1(C)C. The van der Waals surface area contributed by atoms with Gasteiger partial charge in [-0.3, -0.25) is 0 Å². The van der Waals surface area contributed by atoms with Crippen molar-refractivity contribution in [1.29, 1.82) is 0 Å². The predicted molar refractivity (Wildman–Crippen MR) is 127 cm³/mol. The van der Waals surface area contributed by atoms with E-state index >= 15 is 0 Å². The lowest BCUT2D eigenvalue weighted by Crippen LogP contribution is -2.53. The van der Waals surface area contributed by atoms with Gasteiger partial charge in [0, 0.05) is 6.61 Å². The summed E-state index contributed by atoms with van der Waals surface area (Å²) in [7, 11) is 0. The summed E-state index contributed by atoms with van der Waals surface area (Å²) >= 11 is 0. The molecule has 2 aromatic carbocycles. The molecule has 0 heterocycles. The zero-order valence-electron chi connectivity index (χ0n) is 19.5. The van der Waals surface area contributed by atoms with Crippen LogP contribution < -0.4 is 0 Å². The molecule has 0 bridgehead atoms.